The normalized spacial score (nSPS) is 25.1. The Labute approximate surface area is 102 Å². The Morgan fingerprint density at radius 2 is 2.12 bits per heavy atom. The summed E-state index contributed by atoms with van der Waals surface area (Å²) >= 11 is 0. The fourth-order valence-corrected chi connectivity index (χ4v) is 2.26. The maximum Gasteiger partial charge on any atom is 0.164 e. The Balaban J connectivity index is 1.82. The number of aliphatic hydroxyl groups is 1. The molecular weight excluding hydrogens is 214 g/mol. The predicted molar refractivity (Wildman–Crippen MR) is 67.1 cm³/mol. The number of benzene rings is 1. The summed E-state index contributed by atoms with van der Waals surface area (Å²) in [5.41, 5.74) is 0.203. The maximum atomic E-state index is 11.9. The fourth-order valence-electron chi connectivity index (χ4n) is 2.26. The number of carbonyl (C=O) groups excluding carboxylic acids is 1. The van der Waals surface area contributed by atoms with E-state index in [0.717, 1.165) is 25.1 Å². The zero-order valence-corrected chi connectivity index (χ0v) is 10.2. The summed E-state index contributed by atoms with van der Waals surface area (Å²) in [7, 11) is 0. The van der Waals surface area contributed by atoms with E-state index in [9.17, 15) is 9.90 Å². The molecule has 17 heavy (non-hydrogen) atoms. The first-order chi connectivity index (χ1) is 8.07. The molecule has 1 N–H and O–H groups in total. The van der Waals surface area contributed by atoms with Crippen LogP contribution < -0.4 is 0 Å². The number of hydrogen-bond acceptors (Lipinski definition) is 3. The summed E-state index contributed by atoms with van der Waals surface area (Å²) < 4.78 is 0. The van der Waals surface area contributed by atoms with Gasteiger partial charge in [-0.2, -0.15) is 0 Å². The number of ketones is 1. The van der Waals surface area contributed by atoms with Crippen LogP contribution in [-0.2, 0) is 0 Å². The molecule has 2 rings (SSSR count). The topological polar surface area (TPSA) is 40.5 Å². The van der Waals surface area contributed by atoms with Crippen molar-refractivity contribution >= 4 is 5.78 Å². The van der Waals surface area contributed by atoms with Crippen molar-refractivity contribution in [2.45, 2.75) is 25.4 Å². The highest BCUT2D eigenvalue weighted by molar-refractivity contribution is 5.96. The third-order valence-electron chi connectivity index (χ3n) is 3.28. The lowest BCUT2D eigenvalue weighted by atomic mass is 10.1. The van der Waals surface area contributed by atoms with Crippen LogP contribution in [0.5, 0.6) is 0 Å². The average molecular weight is 233 g/mol. The van der Waals surface area contributed by atoms with Gasteiger partial charge in [0.05, 0.1) is 5.60 Å². The van der Waals surface area contributed by atoms with Gasteiger partial charge in [-0.05, 0) is 13.3 Å². The first-order valence-electron chi connectivity index (χ1n) is 6.10. The Morgan fingerprint density at radius 1 is 1.41 bits per heavy atom. The van der Waals surface area contributed by atoms with Gasteiger partial charge >= 0.3 is 0 Å². The van der Waals surface area contributed by atoms with Crippen molar-refractivity contribution in [3.05, 3.63) is 35.9 Å². The number of Topliss-reactive ketones (excluding diaryl/α,β-unsaturated/α-hetero) is 1. The van der Waals surface area contributed by atoms with E-state index in [-0.39, 0.29) is 5.78 Å². The minimum absolute atomic E-state index is 0.178. The van der Waals surface area contributed by atoms with Gasteiger partial charge in [0.1, 0.15) is 0 Å². The van der Waals surface area contributed by atoms with Crippen molar-refractivity contribution in [2.24, 2.45) is 0 Å². The summed E-state index contributed by atoms with van der Waals surface area (Å²) in [5.74, 6) is 0.178. The van der Waals surface area contributed by atoms with Crippen LogP contribution in [0.25, 0.3) is 0 Å². The van der Waals surface area contributed by atoms with Crippen LogP contribution in [0.15, 0.2) is 30.3 Å². The van der Waals surface area contributed by atoms with Crippen molar-refractivity contribution in [3.8, 4) is 0 Å². The van der Waals surface area contributed by atoms with Crippen LogP contribution in [0.1, 0.15) is 30.1 Å². The van der Waals surface area contributed by atoms with Crippen LogP contribution in [0, 0.1) is 0 Å². The summed E-state index contributed by atoms with van der Waals surface area (Å²) in [6.07, 6.45) is 1.33. The first-order valence-corrected chi connectivity index (χ1v) is 6.10. The molecule has 1 aliphatic rings. The molecule has 1 unspecified atom stereocenters. The van der Waals surface area contributed by atoms with E-state index in [4.69, 9.17) is 0 Å². The van der Waals surface area contributed by atoms with Crippen molar-refractivity contribution in [1.82, 2.24) is 4.90 Å². The Kier molecular flexibility index (Phi) is 3.60. The predicted octanol–water partition coefficient (Wildman–Crippen LogP) is 1.72. The highest BCUT2D eigenvalue weighted by Crippen LogP contribution is 2.20. The molecule has 1 aliphatic heterocycles. The number of β-amino-alcohol motifs (C(OH)–C–C–N with tert-alkyl or cyclic N) is 1. The van der Waals surface area contributed by atoms with Crippen LogP contribution >= 0.6 is 0 Å². The van der Waals surface area contributed by atoms with E-state index in [1.54, 1.807) is 0 Å². The second-order valence-electron chi connectivity index (χ2n) is 5.06. The van der Waals surface area contributed by atoms with Crippen molar-refractivity contribution in [2.75, 3.05) is 19.6 Å². The number of rotatable bonds is 4. The molecule has 0 aromatic heterocycles. The van der Waals surface area contributed by atoms with Crippen molar-refractivity contribution in [3.63, 3.8) is 0 Å². The number of likely N-dealkylation sites (tertiary alicyclic amines) is 1. The molecule has 0 bridgehead atoms. The lowest BCUT2D eigenvalue weighted by molar-refractivity contribution is 0.0677. The number of carbonyl (C=O) groups is 1. The third kappa shape index (κ3) is 3.38. The molecular formula is C14H19NO2. The molecule has 1 atom stereocenters. The quantitative estimate of drug-likeness (QED) is 0.805. The molecule has 0 aliphatic carbocycles. The zero-order valence-electron chi connectivity index (χ0n) is 10.2. The van der Waals surface area contributed by atoms with E-state index in [0.29, 0.717) is 13.0 Å². The zero-order chi connectivity index (χ0) is 12.3. The van der Waals surface area contributed by atoms with Gasteiger partial charge in [-0.1, -0.05) is 30.3 Å². The molecule has 1 aromatic rings. The highest BCUT2D eigenvalue weighted by atomic mass is 16.3. The molecule has 0 amide bonds. The van der Waals surface area contributed by atoms with Gasteiger partial charge in [-0.15, -0.1) is 0 Å². The molecule has 1 aromatic carbocycles. The average Bonchev–Trinajstić information content (AvgIpc) is 2.67. The van der Waals surface area contributed by atoms with Crippen LogP contribution in [0.4, 0.5) is 0 Å². The van der Waals surface area contributed by atoms with Crippen molar-refractivity contribution in [1.29, 1.82) is 0 Å². The van der Waals surface area contributed by atoms with Gasteiger partial charge in [0.25, 0.3) is 0 Å². The second kappa shape index (κ2) is 4.98. The Morgan fingerprint density at radius 3 is 2.71 bits per heavy atom. The van der Waals surface area contributed by atoms with Gasteiger partial charge in [0.2, 0.25) is 0 Å². The number of nitrogens with zero attached hydrogens (tertiary/aromatic N) is 1. The van der Waals surface area contributed by atoms with Crippen LogP contribution in [0.2, 0.25) is 0 Å². The van der Waals surface area contributed by atoms with Gasteiger partial charge in [0.15, 0.2) is 5.78 Å². The standard InChI is InChI=1S/C14H19NO2/c1-14(17)8-10-15(11-14)9-7-13(16)12-5-3-2-4-6-12/h2-6,17H,7-11H2,1H3. The van der Waals surface area contributed by atoms with E-state index in [1.807, 2.05) is 37.3 Å². The van der Waals surface area contributed by atoms with Gasteiger partial charge in [0, 0.05) is 31.6 Å². The molecule has 3 heteroatoms. The van der Waals surface area contributed by atoms with Gasteiger partial charge < -0.3 is 5.11 Å². The molecule has 0 spiro atoms. The monoisotopic (exact) mass is 233 g/mol. The molecule has 92 valence electrons. The SMILES string of the molecule is CC1(O)CCN(CCC(=O)c2ccccc2)C1. The van der Waals surface area contributed by atoms with E-state index in [2.05, 4.69) is 4.90 Å². The molecule has 1 heterocycles. The minimum Gasteiger partial charge on any atom is -0.389 e. The molecule has 3 nitrogen and oxygen atoms in total. The minimum atomic E-state index is -0.574. The number of hydrogen-bond donors (Lipinski definition) is 1. The van der Waals surface area contributed by atoms with E-state index >= 15 is 0 Å². The molecule has 1 saturated heterocycles. The first kappa shape index (κ1) is 12.3. The molecule has 0 radical (unpaired) electrons. The Hall–Kier alpha value is -1.19. The molecule has 0 saturated carbocycles. The summed E-state index contributed by atoms with van der Waals surface area (Å²) in [4.78, 5) is 14.0. The lowest BCUT2D eigenvalue weighted by Crippen LogP contribution is -2.30. The lowest BCUT2D eigenvalue weighted by Gasteiger charge is -2.18. The van der Waals surface area contributed by atoms with Crippen LogP contribution in [0.3, 0.4) is 0 Å². The van der Waals surface area contributed by atoms with Gasteiger partial charge in [-0.25, -0.2) is 0 Å². The Bertz CT molecular complexity index is 386. The maximum absolute atomic E-state index is 11.9. The van der Waals surface area contributed by atoms with Crippen LogP contribution in [-0.4, -0.2) is 41.0 Å². The van der Waals surface area contributed by atoms with Crippen molar-refractivity contribution < 1.29 is 9.90 Å². The smallest absolute Gasteiger partial charge is 0.164 e. The molecule has 1 fully saturated rings. The third-order valence-corrected chi connectivity index (χ3v) is 3.28. The summed E-state index contributed by atoms with van der Waals surface area (Å²) in [5, 5.41) is 9.82. The van der Waals surface area contributed by atoms with Gasteiger partial charge in [-0.3, -0.25) is 9.69 Å². The second-order valence-corrected chi connectivity index (χ2v) is 5.06. The highest BCUT2D eigenvalue weighted by Gasteiger charge is 2.30. The van der Waals surface area contributed by atoms with E-state index in [1.165, 1.54) is 0 Å². The summed E-state index contributed by atoms with van der Waals surface area (Å²) in [6, 6.07) is 9.38. The largest absolute Gasteiger partial charge is 0.389 e. The van der Waals surface area contributed by atoms with E-state index < -0.39 is 5.60 Å². The fraction of sp³-hybridized carbons (Fsp3) is 0.500. The summed E-state index contributed by atoms with van der Waals surface area (Å²) in [6.45, 7) is 4.15.